The molecule has 0 aliphatic rings. The van der Waals surface area contributed by atoms with Crippen LogP contribution in [0.25, 0.3) is 0 Å². The molecule has 0 bridgehead atoms. The summed E-state index contributed by atoms with van der Waals surface area (Å²) in [7, 11) is 0. The summed E-state index contributed by atoms with van der Waals surface area (Å²) in [5.41, 5.74) is -4.90. The zero-order valence-corrected chi connectivity index (χ0v) is 5.18. The molecule has 0 fully saturated rings. The second kappa shape index (κ2) is 2.97. The van der Waals surface area contributed by atoms with Gasteiger partial charge in [-0.2, -0.15) is 0 Å². The van der Waals surface area contributed by atoms with Crippen molar-refractivity contribution in [2.75, 3.05) is 0 Å². The normalized spacial score (nSPS) is 15.3. The number of hydrogen-bond donors (Lipinski definition) is 0. The van der Waals surface area contributed by atoms with Crippen molar-refractivity contribution in [2.45, 2.75) is 5.51 Å². The zero-order chi connectivity index (χ0) is 7.65. The summed E-state index contributed by atoms with van der Waals surface area (Å²) in [6.07, 6.45) is 0. The van der Waals surface area contributed by atoms with Gasteiger partial charge in [0, 0.05) is 0 Å². The van der Waals surface area contributed by atoms with Gasteiger partial charge in [0.1, 0.15) is 0 Å². The van der Waals surface area contributed by atoms with E-state index in [2.05, 4.69) is 0 Å². The van der Waals surface area contributed by atoms with E-state index in [0.29, 0.717) is 17.7 Å². The SMILES string of the molecule is [Li][C](=O)[S+]([O-])C(F)(F)F. The van der Waals surface area contributed by atoms with E-state index in [0.717, 1.165) is 0 Å². The molecule has 0 rings (SSSR count). The van der Waals surface area contributed by atoms with E-state index < -0.39 is 20.5 Å². The van der Waals surface area contributed by atoms with Crippen molar-refractivity contribution in [3.8, 4) is 0 Å². The maximum atomic E-state index is 11.2. The summed E-state index contributed by atoms with van der Waals surface area (Å²) in [6.45, 7) is 0. The molecule has 1 atom stereocenters. The van der Waals surface area contributed by atoms with Gasteiger partial charge in [-0.3, -0.25) is 0 Å². The van der Waals surface area contributed by atoms with Gasteiger partial charge < -0.3 is 0 Å². The van der Waals surface area contributed by atoms with Gasteiger partial charge in [0.25, 0.3) is 0 Å². The van der Waals surface area contributed by atoms with Crippen molar-refractivity contribution in [1.29, 1.82) is 0 Å². The standard InChI is InChI=1S/C2F3O2S.Li/c3-2(4,5)8(7)1-6;. The summed E-state index contributed by atoms with van der Waals surface area (Å²) in [5, 5.41) is 0. The number of halogens is 3. The molecule has 0 saturated carbocycles. The molecular weight excluding hydrogens is 152 g/mol. The molecular formula is C2F3LiO2S. The third-order valence-electron chi connectivity index (χ3n) is 0.471. The molecule has 0 aromatic rings. The first-order valence-electron chi connectivity index (χ1n) is 1.85. The molecule has 9 heavy (non-hydrogen) atoms. The second-order valence-corrected chi connectivity index (χ2v) is 2.78. The average molecular weight is 152 g/mol. The van der Waals surface area contributed by atoms with E-state index >= 15 is 0 Å². The van der Waals surface area contributed by atoms with Gasteiger partial charge in [-0.05, 0) is 0 Å². The Morgan fingerprint density at radius 3 is 1.89 bits per heavy atom. The molecule has 0 aromatic heterocycles. The Balaban J connectivity index is 4.04. The van der Waals surface area contributed by atoms with Crippen molar-refractivity contribution in [3.05, 3.63) is 0 Å². The van der Waals surface area contributed by atoms with Gasteiger partial charge in [0.15, 0.2) is 0 Å². The molecule has 0 aromatic carbocycles. The molecule has 0 aliphatic heterocycles. The van der Waals surface area contributed by atoms with Crippen LogP contribution in [0, 0.1) is 0 Å². The first-order valence-corrected chi connectivity index (χ1v) is 3.00. The Bertz CT molecular complexity index is 123. The number of rotatable bonds is 0. The van der Waals surface area contributed by atoms with Crippen LogP contribution in [0.5, 0.6) is 0 Å². The van der Waals surface area contributed by atoms with Crippen LogP contribution in [0.2, 0.25) is 0 Å². The Kier molecular flexibility index (Phi) is 3.09. The van der Waals surface area contributed by atoms with E-state index in [4.69, 9.17) is 0 Å². The van der Waals surface area contributed by atoms with Crippen LogP contribution in [0.4, 0.5) is 18.0 Å². The molecule has 7 heteroatoms. The number of carbonyl (C=O) groups excluding carboxylic acids is 1. The fraction of sp³-hybridized carbons (Fsp3) is 0.500. The average Bonchev–Trinajstić information content (AvgIpc) is 1.62. The molecule has 0 radical (unpaired) electrons. The Morgan fingerprint density at radius 1 is 1.56 bits per heavy atom. The van der Waals surface area contributed by atoms with Gasteiger partial charge in [-0.1, -0.05) is 0 Å². The molecule has 0 N–H and O–H groups in total. The van der Waals surface area contributed by atoms with Crippen molar-refractivity contribution in [2.24, 2.45) is 0 Å². The van der Waals surface area contributed by atoms with Crippen LogP contribution in [-0.4, -0.2) is 31.6 Å². The molecule has 0 heterocycles. The first kappa shape index (κ1) is 9.37. The van der Waals surface area contributed by atoms with E-state index in [1.165, 1.54) is 0 Å². The van der Waals surface area contributed by atoms with Gasteiger partial charge in [0.05, 0.1) is 0 Å². The predicted molar refractivity (Wildman–Crippen MR) is 25.3 cm³/mol. The topological polar surface area (TPSA) is 40.1 Å². The van der Waals surface area contributed by atoms with Crippen molar-refractivity contribution < 1.29 is 22.5 Å². The predicted octanol–water partition coefficient (Wildman–Crippen LogP) is 0.543. The molecule has 1 unspecified atom stereocenters. The number of alkyl halides is 3. The van der Waals surface area contributed by atoms with E-state index in [1.54, 1.807) is 0 Å². The second-order valence-electron chi connectivity index (χ2n) is 1.21. The molecule has 0 aliphatic carbocycles. The van der Waals surface area contributed by atoms with Crippen LogP contribution >= 0.6 is 0 Å². The summed E-state index contributed by atoms with van der Waals surface area (Å²) in [6, 6.07) is 0. The van der Waals surface area contributed by atoms with Crippen molar-refractivity contribution >= 4 is 32.7 Å². The van der Waals surface area contributed by atoms with Gasteiger partial charge >= 0.3 is 60.7 Å². The zero-order valence-electron chi connectivity index (χ0n) is 4.36. The van der Waals surface area contributed by atoms with Crippen molar-refractivity contribution in [1.82, 2.24) is 0 Å². The van der Waals surface area contributed by atoms with Crippen LogP contribution in [0.1, 0.15) is 0 Å². The Morgan fingerprint density at radius 2 is 1.89 bits per heavy atom. The Hall–Kier alpha value is 0.367. The fourth-order valence-corrected chi connectivity index (χ4v) is 0.489. The molecule has 0 amide bonds. The summed E-state index contributed by atoms with van der Waals surface area (Å²) in [5.74, 6) is 0. The van der Waals surface area contributed by atoms with Gasteiger partial charge in [0.2, 0.25) is 0 Å². The van der Waals surface area contributed by atoms with E-state index in [9.17, 15) is 22.5 Å². The fourth-order valence-electron chi connectivity index (χ4n) is 0.163. The van der Waals surface area contributed by atoms with Crippen LogP contribution < -0.4 is 0 Å². The third-order valence-corrected chi connectivity index (χ3v) is 1.41. The maximum absolute atomic E-state index is 11.2. The quantitative estimate of drug-likeness (QED) is 0.375. The minimum atomic E-state index is -4.90. The number of carbonyl (C=O) groups is 1. The van der Waals surface area contributed by atoms with Crippen LogP contribution in [-0.2, 0) is 11.2 Å². The minimum absolute atomic E-state index is 0.629. The monoisotopic (exact) mass is 152 g/mol. The Labute approximate surface area is 61.2 Å². The van der Waals surface area contributed by atoms with Crippen molar-refractivity contribution in [3.63, 3.8) is 0 Å². The molecule has 48 valence electrons. The summed E-state index contributed by atoms with van der Waals surface area (Å²) >= 11 is -2.70. The molecule has 0 spiro atoms. The first-order chi connectivity index (χ1) is 3.85. The molecule has 0 saturated heterocycles. The molecule has 2 nitrogen and oxygen atoms in total. The van der Waals surface area contributed by atoms with E-state index in [-0.39, 0.29) is 0 Å². The van der Waals surface area contributed by atoms with Crippen LogP contribution in [0.15, 0.2) is 0 Å². The summed E-state index contributed by atoms with van der Waals surface area (Å²) in [4.78, 5) is 9.77. The third kappa shape index (κ3) is 3.16. The van der Waals surface area contributed by atoms with Gasteiger partial charge in [-0.15, -0.1) is 0 Å². The summed E-state index contributed by atoms with van der Waals surface area (Å²) < 4.78 is 42.0. The van der Waals surface area contributed by atoms with Gasteiger partial charge in [-0.25, -0.2) is 0 Å². The van der Waals surface area contributed by atoms with E-state index in [1.807, 2.05) is 0 Å². The number of hydrogen-bond acceptors (Lipinski definition) is 2. The van der Waals surface area contributed by atoms with Crippen LogP contribution in [0.3, 0.4) is 0 Å².